The average molecular weight is 475 g/mol. The summed E-state index contributed by atoms with van der Waals surface area (Å²) in [5, 5.41) is 5.50. The van der Waals surface area contributed by atoms with Crippen molar-refractivity contribution >= 4 is 17.6 Å². The molecular weight excluding hydrogens is 444 g/mol. The Balaban J connectivity index is 1.62. The van der Waals surface area contributed by atoms with Crippen molar-refractivity contribution in [1.82, 2.24) is 10.6 Å². The fraction of sp³-hybridized carbons (Fsp3) is 0.250. The molecule has 182 valence electrons. The maximum atomic E-state index is 13.0. The zero-order valence-corrected chi connectivity index (χ0v) is 20.0. The van der Waals surface area contributed by atoms with E-state index in [2.05, 4.69) is 10.6 Å². The summed E-state index contributed by atoms with van der Waals surface area (Å²) in [4.78, 5) is 38.1. The van der Waals surface area contributed by atoms with E-state index in [-0.39, 0.29) is 18.7 Å². The van der Waals surface area contributed by atoms with Gasteiger partial charge in [-0.15, -0.1) is 0 Å². The zero-order valence-electron chi connectivity index (χ0n) is 20.0. The molecule has 0 aliphatic rings. The van der Waals surface area contributed by atoms with Gasteiger partial charge in [0, 0.05) is 19.4 Å². The summed E-state index contributed by atoms with van der Waals surface area (Å²) in [5.41, 5.74) is 2.58. The first-order valence-electron chi connectivity index (χ1n) is 11.4. The maximum Gasteiger partial charge on any atom is 0.288 e. The van der Waals surface area contributed by atoms with Gasteiger partial charge in [0.05, 0.1) is 14.2 Å². The van der Waals surface area contributed by atoms with Crippen molar-refractivity contribution in [3.63, 3.8) is 0 Å². The molecular formula is C28H30N2O5. The van der Waals surface area contributed by atoms with Crippen LogP contribution in [0.5, 0.6) is 11.5 Å². The second kappa shape index (κ2) is 12.9. The number of ether oxygens (including phenoxy) is 2. The summed E-state index contributed by atoms with van der Waals surface area (Å²) < 4.78 is 10.6. The summed E-state index contributed by atoms with van der Waals surface area (Å²) in [6.45, 7) is 0.355. The van der Waals surface area contributed by atoms with E-state index in [9.17, 15) is 14.4 Å². The van der Waals surface area contributed by atoms with E-state index in [1.54, 1.807) is 26.4 Å². The van der Waals surface area contributed by atoms with E-state index in [1.165, 1.54) is 0 Å². The molecule has 2 N–H and O–H groups in total. The van der Waals surface area contributed by atoms with Crippen molar-refractivity contribution in [2.24, 2.45) is 0 Å². The minimum Gasteiger partial charge on any atom is -0.493 e. The SMILES string of the molecule is COc1ccc(CCNC(=O)[C@H](Cc2ccccc2)NC(=O)C(=O)Cc2ccccc2)cc1OC. The fourth-order valence-electron chi connectivity index (χ4n) is 3.65. The van der Waals surface area contributed by atoms with E-state index in [4.69, 9.17) is 9.47 Å². The second-order valence-corrected chi connectivity index (χ2v) is 8.03. The number of Topliss-reactive ketones (excluding diaryl/α,β-unsaturated/α-hetero) is 1. The molecule has 0 radical (unpaired) electrons. The molecule has 0 aliphatic carbocycles. The molecule has 7 nitrogen and oxygen atoms in total. The van der Waals surface area contributed by atoms with Gasteiger partial charge in [0.25, 0.3) is 5.91 Å². The highest BCUT2D eigenvalue weighted by molar-refractivity contribution is 6.37. The number of hydrogen-bond acceptors (Lipinski definition) is 5. The van der Waals surface area contributed by atoms with E-state index in [0.717, 1.165) is 16.7 Å². The Bertz CT molecular complexity index is 1130. The van der Waals surface area contributed by atoms with E-state index >= 15 is 0 Å². The summed E-state index contributed by atoms with van der Waals surface area (Å²) >= 11 is 0. The number of ketones is 1. The molecule has 0 saturated heterocycles. The molecule has 0 aromatic heterocycles. The minimum atomic E-state index is -0.880. The molecule has 0 bridgehead atoms. The van der Waals surface area contributed by atoms with Crippen LogP contribution in [-0.2, 0) is 33.6 Å². The molecule has 0 aliphatic heterocycles. The van der Waals surface area contributed by atoms with E-state index in [1.807, 2.05) is 66.7 Å². The number of hydrogen-bond donors (Lipinski definition) is 2. The minimum absolute atomic E-state index is 0.0222. The number of benzene rings is 3. The molecule has 7 heteroatoms. The molecule has 0 heterocycles. The van der Waals surface area contributed by atoms with Crippen molar-refractivity contribution in [3.05, 3.63) is 95.6 Å². The lowest BCUT2D eigenvalue weighted by atomic mass is 10.0. The predicted octanol–water partition coefficient (Wildman–Crippen LogP) is 2.90. The monoisotopic (exact) mass is 474 g/mol. The summed E-state index contributed by atoms with van der Waals surface area (Å²) in [6, 6.07) is 23.1. The summed E-state index contributed by atoms with van der Waals surface area (Å²) in [6.07, 6.45) is 0.810. The van der Waals surface area contributed by atoms with E-state index in [0.29, 0.717) is 24.5 Å². The Hall–Kier alpha value is -4.13. The maximum absolute atomic E-state index is 13.0. The fourth-order valence-corrected chi connectivity index (χ4v) is 3.65. The number of rotatable bonds is 12. The Morgan fingerprint density at radius 3 is 2.03 bits per heavy atom. The van der Waals surface area contributed by atoms with Crippen molar-refractivity contribution in [1.29, 1.82) is 0 Å². The van der Waals surface area contributed by atoms with Gasteiger partial charge in [-0.05, 0) is 35.2 Å². The number of nitrogens with one attached hydrogen (secondary N) is 2. The van der Waals surface area contributed by atoms with Gasteiger partial charge in [0.15, 0.2) is 11.5 Å². The van der Waals surface area contributed by atoms with Gasteiger partial charge in [-0.3, -0.25) is 14.4 Å². The van der Waals surface area contributed by atoms with Crippen LogP contribution < -0.4 is 20.1 Å². The van der Waals surface area contributed by atoms with Gasteiger partial charge >= 0.3 is 0 Å². The van der Waals surface area contributed by atoms with Gasteiger partial charge < -0.3 is 20.1 Å². The first-order valence-corrected chi connectivity index (χ1v) is 11.4. The summed E-state index contributed by atoms with van der Waals surface area (Å²) in [5.74, 6) is -0.471. The first-order chi connectivity index (χ1) is 17.0. The molecule has 2 amide bonds. The molecule has 0 spiro atoms. The van der Waals surface area contributed by atoms with Crippen LogP contribution in [0.25, 0.3) is 0 Å². The zero-order chi connectivity index (χ0) is 25.0. The topological polar surface area (TPSA) is 93.7 Å². The quantitative estimate of drug-likeness (QED) is 0.394. The molecule has 0 fully saturated rings. The molecule has 35 heavy (non-hydrogen) atoms. The molecule has 1 atom stereocenters. The van der Waals surface area contributed by atoms with Crippen LogP contribution in [0, 0.1) is 0 Å². The smallest absolute Gasteiger partial charge is 0.288 e. The third-order valence-electron chi connectivity index (χ3n) is 5.53. The Kier molecular flexibility index (Phi) is 9.42. The molecule has 3 rings (SSSR count). The van der Waals surface area contributed by atoms with Crippen LogP contribution in [0.15, 0.2) is 78.9 Å². The normalized spacial score (nSPS) is 11.3. The lowest BCUT2D eigenvalue weighted by Crippen LogP contribution is -2.50. The third-order valence-corrected chi connectivity index (χ3v) is 5.53. The average Bonchev–Trinajstić information content (AvgIpc) is 2.89. The molecule has 3 aromatic carbocycles. The van der Waals surface area contributed by atoms with Crippen LogP contribution >= 0.6 is 0 Å². The second-order valence-electron chi connectivity index (χ2n) is 8.03. The van der Waals surface area contributed by atoms with Crippen LogP contribution in [0.3, 0.4) is 0 Å². The van der Waals surface area contributed by atoms with Crippen molar-refractivity contribution in [2.45, 2.75) is 25.3 Å². The van der Waals surface area contributed by atoms with Gasteiger partial charge in [0.1, 0.15) is 6.04 Å². The van der Waals surface area contributed by atoms with Crippen LogP contribution in [0.4, 0.5) is 0 Å². The van der Waals surface area contributed by atoms with Crippen molar-refractivity contribution in [3.8, 4) is 11.5 Å². The highest BCUT2D eigenvalue weighted by Gasteiger charge is 2.24. The number of methoxy groups -OCH3 is 2. The van der Waals surface area contributed by atoms with Crippen molar-refractivity contribution < 1.29 is 23.9 Å². The third kappa shape index (κ3) is 7.71. The van der Waals surface area contributed by atoms with Crippen molar-refractivity contribution in [2.75, 3.05) is 20.8 Å². The lowest BCUT2D eigenvalue weighted by Gasteiger charge is -2.18. The van der Waals surface area contributed by atoms with Crippen LogP contribution in [0.2, 0.25) is 0 Å². The number of carbonyl (C=O) groups excluding carboxylic acids is 3. The Morgan fingerprint density at radius 1 is 0.771 bits per heavy atom. The predicted molar refractivity (Wildman–Crippen MR) is 133 cm³/mol. The number of carbonyl (C=O) groups is 3. The molecule has 3 aromatic rings. The van der Waals surface area contributed by atoms with Gasteiger partial charge in [-0.1, -0.05) is 66.7 Å². The summed E-state index contributed by atoms with van der Waals surface area (Å²) in [7, 11) is 3.14. The van der Waals surface area contributed by atoms with Crippen LogP contribution in [-0.4, -0.2) is 44.4 Å². The van der Waals surface area contributed by atoms with E-state index < -0.39 is 17.7 Å². The highest BCUT2D eigenvalue weighted by Crippen LogP contribution is 2.27. The van der Waals surface area contributed by atoms with Crippen LogP contribution in [0.1, 0.15) is 16.7 Å². The Labute approximate surface area is 205 Å². The highest BCUT2D eigenvalue weighted by atomic mass is 16.5. The lowest BCUT2D eigenvalue weighted by molar-refractivity contribution is -0.139. The van der Waals surface area contributed by atoms with Gasteiger partial charge in [-0.2, -0.15) is 0 Å². The molecule has 0 saturated carbocycles. The largest absolute Gasteiger partial charge is 0.493 e. The first kappa shape index (κ1) is 25.5. The van der Waals surface area contributed by atoms with Gasteiger partial charge in [-0.25, -0.2) is 0 Å². The molecule has 0 unspecified atom stereocenters. The standard InChI is InChI=1S/C28H30N2O5/c1-34-25-14-13-22(19-26(25)35-2)15-16-29-27(32)23(17-20-9-5-3-6-10-20)30-28(33)24(31)18-21-11-7-4-8-12-21/h3-14,19,23H,15-18H2,1-2H3,(H,29,32)(H,30,33)/t23-/m0/s1. The number of amides is 2. The Morgan fingerprint density at radius 2 is 1.40 bits per heavy atom. The van der Waals surface area contributed by atoms with Gasteiger partial charge in [0.2, 0.25) is 11.7 Å².